The number of hydrogen-bond donors (Lipinski definition) is 0. The average Bonchev–Trinajstić information content (AvgIpc) is 2.89. The van der Waals surface area contributed by atoms with Gasteiger partial charge in [0, 0.05) is 0 Å². The summed E-state index contributed by atoms with van der Waals surface area (Å²) in [5.74, 6) is -0.715. The van der Waals surface area contributed by atoms with E-state index >= 15 is 0 Å². The molecular formula is C14H16O4. The summed E-state index contributed by atoms with van der Waals surface area (Å²) in [6, 6.07) is 9.03. The summed E-state index contributed by atoms with van der Waals surface area (Å²) in [4.78, 5) is 12.0. The smallest absolute Gasteiger partial charge is 0.338 e. The molecule has 1 aromatic rings. The molecule has 0 aliphatic carbocycles. The van der Waals surface area contributed by atoms with E-state index in [1.807, 2.05) is 25.1 Å². The van der Waals surface area contributed by atoms with Gasteiger partial charge in [-0.05, 0) is 25.5 Å². The number of ether oxygens (including phenoxy) is 3. The number of carbonyl (C=O) groups is 1. The number of hydrogen-bond acceptors (Lipinski definition) is 4. The first kappa shape index (κ1) is 11.7. The van der Waals surface area contributed by atoms with E-state index in [1.54, 1.807) is 12.1 Å². The predicted octanol–water partition coefficient (Wildman–Crippen LogP) is 1.99. The first-order valence-corrected chi connectivity index (χ1v) is 6.23. The summed E-state index contributed by atoms with van der Waals surface area (Å²) < 4.78 is 16.7. The molecule has 96 valence electrons. The van der Waals surface area contributed by atoms with Crippen molar-refractivity contribution in [2.45, 2.75) is 25.2 Å². The van der Waals surface area contributed by atoms with Crippen LogP contribution in [0, 0.1) is 5.92 Å². The lowest BCUT2D eigenvalue weighted by atomic mass is 9.96. The maximum atomic E-state index is 12.0. The van der Waals surface area contributed by atoms with Crippen LogP contribution in [0.15, 0.2) is 30.3 Å². The van der Waals surface area contributed by atoms with Crippen molar-refractivity contribution in [3.8, 4) is 0 Å². The Hall–Kier alpha value is -1.39. The molecule has 4 heteroatoms. The number of carbonyl (C=O) groups excluding carboxylic acids is 1. The molecule has 1 aromatic carbocycles. The minimum Gasteiger partial charge on any atom is -0.456 e. The van der Waals surface area contributed by atoms with Gasteiger partial charge in [0.2, 0.25) is 0 Å². The Morgan fingerprint density at radius 1 is 1.33 bits per heavy atom. The van der Waals surface area contributed by atoms with Crippen LogP contribution in [0.4, 0.5) is 0 Å². The Bertz CT molecular complexity index is 444. The summed E-state index contributed by atoms with van der Waals surface area (Å²) >= 11 is 0. The van der Waals surface area contributed by atoms with Crippen molar-refractivity contribution in [3.05, 3.63) is 35.9 Å². The Morgan fingerprint density at radius 2 is 2.11 bits per heavy atom. The van der Waals surface area contributed by atoms with E-state index in [0.29, 0.717) is 18.8 Å². The second-order valence-corrected chi connectivity index (χ2v) is 4.88. The molecule has 0 bridgehead atoms. The molecule has 2 fully saturated rings. The predicted molar refractivity (Wildman–Crippen MR) is 64.1 cm³/mol. The topological polar surface area (TPSA) is 44.8 Å². The summed E-state index contributed by atoms with van der Waals surface area (Å²) in [6.45, 7) is 3.00. The number of esters is 1. The molecule has 3 rings (SSSR count). The highest BCUT2D eigenvalue weighted by molar-refractivity contribution is 5.89. The molecule has 3 atom stereocenters. The minimum absolute atomic E-state index is 0.144. The van der Waals surface area contributed by atoms with Gasteiger partial charge >= 0.3 is 5.97 Å². The standard InChI is InChI=1S/C14H16O4/c1-14-11(7-8-16-14)12(9-17-14)18-13(15)10-5-3-2-4-6-10/h2-6,11-12H,7-9H2,1H3/t11-,12-,14+/m0/s1. The lowest BCUT2D eigenvalue weighted by molar-refractivity contribution is -0.181. The maximum Gasteiger partial charge on any atom is 0.338 e. The van der Waals surface area contributed by atoms with Crippen molar-refractivity contribution < 1.29 is 19.0 Å². The van der Waals surface area contributed by atoms with Gasteiger partial charge in [-0.15, -0.1) is 0 Å². The molecule has 0 saturated carbocycles. The first-order chi connectivity index (χ1) is 8.69. The summed E-state index contributed by atoms with van der Waals surface area (Å²) in [6.07, 6.45) is 0.675. The summed E-state index contributed by atoms with van der Waals surface area (Å²) in [7, 11) is 0. The number of rotatable bonds is 2. The molecule has 4 nitrogen and oxygen atoms in total. The van der Waals surface area contributed by atoms with E-state index in [9.17, 15) is 4.79 Å². The van der Waals surface area contributed by atoms with E-state index in [-0.39, 0.29) is 18.0 Å². The molecule has 2 aliphatic rings. The van der Waals surface area contributed by atoms with E-state index < -0.39 is 5.79 Å². The molecule has 0 unspecified atom stereocenters. The second kappa shape index (κ2) is 4.37. The van der Waals surface area contributed by atoms with E-state index in [4.69, 9.17) is 14.2 Å². The van der Waals surface area contributed by atoms with Gasteiger partial charge in [0.05, 0.1) is 24.7 Å². The third-order valence-electron chi connectivity index (χ3n) is 3.74. The fraction of sp³-hybridized carbons (Fsp3) is 0.500. The van der Waals surface area contributed by atoms with Crippen molar-refractivity contribution in [1.29, 1.82) is 0 Å². The summed E-state index contributed by atoms with van der Waals surface area (Å²) in [5.41, 5.74) is 0.574. The van der Waals surface area contributed by atoms with Crippen molar-refractivity contribution in [3.63, 3.8) is 0 Å². The monoisotopic (exact) mass is 248 g/mol. The third kappa shape index (κ3) is 1.91. The van der Waals surface area contributed by atoms with E-state index in [2.05, 4.69) is 0 Å². The van der Waals surface area contributed by atoms with Crippen LogP contribution in [0.5, 0.6) is 0 Å². The molecular weight excluding hydrogens is 232 g/mol. The number of benzene rings is 1. The molecule has 0 amide bonds. The van der Waals surface area contributed by atoms with Crippen LogP contribution < -0.4 is 0 Å². The van der Waals surface area contributed by atoms with Crippen LogP contribution in [0.2, 0.25) is 0 Å². The maximum absolute atomic E-state index is 12.0. The molecule has 2 saturated heterocycles. The van der Waals surface area contributed by atoms with Gasteiger partial charge in [0.15, 0.2) is 5.79 Å². The Kier molecular flexibility index (Phi) is 2.84. The molecule has 0 N–H and O–H groups in total. The lowest BCUT2D eigenvalue weighted by Gasteiger charge is -2.22. The van der Waals surface area contributed by atoms with Crippen LogP contribution in [-0.4, -0.2) is 31.1 Å². The SMILES string of the molecule is C[C@]12OCC[C@H]1[C@@H](OC(=O)c1ccccc1)CO2. The lowest BCUT2D eigenvalue weighted by Crippen LogP contribution is -2.33. The highest BCUT2D eigenvalue weighted by atomic mass is 16.7. The first-order valence-electron chi connectivity index (χ1n) is 6.23. The quantitative estimate of drug-likeness (QED) is 0.751. The van der Waals surface area contributed by atoms with Gasteiger partial charge in [-0.2, -0.15) is 0 Å². The van der Waals surface area contributed by atoms with Crippen molar-refractivity contribution in [2.75, 3.05) is 13.2 Å². The zero-order valence-corrected chi connectivity index (χ0v) is 10.3. The minimum atomic E-state index is -0.568. The van der Waals surface area contributed by atoms with Gasteiger partial charge < -0.3 is 14.2 Å². The third-order valence-corrected chi connectivity index (χ3v) is 3.74. The Labute approximate surface area is 106 Å². The van der Waals surface area contributed by atoms with E-state index in [0.717, 1.165) is 6.42 Å². The highest BCUT2D eigenvalue weighted by Gasteiger charge is 2.52. The van der Waals surface area contributed by atoms with Crippen molar-refractivity contribution >= 4 is 5.97 Å². The molecule has 18 heavy (non-hydrogen) atoms. The average molecular weight is 248 g/mol. The normalized spacial score (nSPS) is 34.3. The Balaban J connectivity index is 1.69. The Morgan fingerprint density at radius 3 is 2.89 bits per heavy atom. The molecule has 0 aromatic heterocycles. The fourth-order valence-corrected chi connectivity index (χ4v) is 2.69. The van der Waals surface area contributed by atoms with Gasteiger partial charge in [0.1, 0.15) is 6.10 Å². The zero-order valence-electron chi connectivity index (χ0n) is 10.3. The highest BCUT2D eigenvalue weighted by Crippen LogP contribution is 2.42. The molecule has 2 aliphatic heterocycles. The van der Waals surface area contributed by atoms with Gasteiger partial charge in [-0.1, -0.05) is 18.2 Å². The molecule has 0 spiro atoms. The van der Waals surface area contributed by atoms with E-state index in [1.165, 1.54) is 0 Å². The molecule has 0 radical (unpaired) electrons. The largest absolute Gasteiger partial charge is 0.456 e. The van der Waals surface area contributed by atoms with Gasteiger partial charge in [0.25, 0.3) is 0 Å². The van der Waals surface area contributed by atoms with Crippen LogP contribution in [0.3, 0.4) is 0 Å². The van der Waals surface area contributed by atoms with Crippen LogP contribution >= 0.6 is 0 Å². The van der Waals surface area contributed by atoms with Crippen LogP contribution in [0.25, 0.3) is 0 Å². The number of fused-ring (bicyclic) bond motifs is 1. The van der Waals surface area contributed by atoms with Crippen molar-refractivity contribution in [1.82, 2.24) is 0 Å². The van der Waals surface area contributed by atoms with Gasteiger partial charge in [-0.3, -0.25) is 0 Å². The fourth-order valence-electron chi connectivity index (χ4n) is 2.69. The summed E-state index contributed by atoms with van der Waals surface area (Å²) in [5, 5.41) is 0. The van der Waals surface area contributed by atoms with Crippen LogP contribution in [-0.2, 0) is 14.2 Å². The van der Waals surface area contributed by atoms with Crippen LogP contribution in [0.1, 0.15) is 23.7 Å². The van der Waals surface area contributed by atoms with Crippen molar-refractivity contribution in [2.24, 2.45) is 5.92 Å². The van der Waals surface area contributed by atoms with Gasteiger partial charge in [-0.25, -0.2) is 4.79 Å². The molecule has 2 heterocycles. The zero-order chi connectivity index (χ0) is 12.6. The second-order valence-electron chi connectivity index (χ2n) is 4.88.